The van der Waals surface area contributed by atoms with E-state index in [4.69, 9.17) is 0 Å². The van der Waals surface area contributed by atoms with Crippen molar-refractivity contribution >= 4 is 22.7 Å². The first-order chi connectivity index (χ1) is 13.3. The number of fused-ring (bicyclic) bond motifs is 1. The van der Waals surface area contributed by atoms with Crippen LogP contribution >= 0.6 is 0 Å². The normalized spacial score (nSPS) is 16.8. The Morgan fingerprint density at radius 3 is 2.46 bits per heavy atom. The molecular formula is C22H29N3O3. The van der Waals surface area contributed by atoms with Crippen molar-refractivity contribution in [3.8, 4) is 0 Å². The fraction of sp³-hybridized carbons (Fsp3) is 0.545. The highest BCUT2D eigenvalue weighted by Gasteiger charge is 2.30. The van der Waals surface area contributed by atoms with E-state index >= 15 is 0 Å². The summed E-state index contributed by atoms with van der Waals surface area (Å²) in [6.45, 7) is 7.81. The summed E-state index contributed by atoms with van der Waals surface area (Å²) < 4.78 is 0. The number of nitrogens with one attached hydrogen (secondary N) is 1. The Morgan fingerprint density at radius 2 is 1.82 bits per heavy atom. The molecule has 0 aliphatic carbocycles. The monoisotopic (exact) mass is 383 g/mol. The molecule has 3 rings (SSSR count). The summed E-state index contributed by atoms with van der Waals surface area (Å²) in [5, 5.41) is 13.4. The Labute approximate surface area is 165 Å². The van der Waals surface area contributed by atoms with Crippen molar-refractivity contribution in [3.63, 3.8) is 0 Å². The lowest BCUT2D eigenvalue weighted by Crippen LogP contribution is -2.33. The predicted molar refractivity (Wildman–Crippen MR) is 109 cm³/mol. The first-order valence-electron chi connectivity index (χ1n) is 9.98. The van der Waals surface area contributed by atoms with Crippen molar-refractivity contribution in [1.82, 2.24) is 15.3 Å². The highest BCUT2D eigenvalue weighted by atomic mass is 16.4. The molecule has 0 amide bonds. The summed E-state index contributed by atoms with van der Waals surface area (Å²) >= 11 is 0. The molecule has 1 aliphatic rings. The zero-order chi connectivity index (χ0) is 20.3. The average Bonchev–Trinajstić information content (AvgIpc) is 2.66. The topological polar surface area (TPSA) is 92.2 Å². The van der Waals surface area contributed by atoms with Crippen LogP contribution in [0.25, 0.3) is 10.9 Å². The summed E-state index contributed by atoms with van der Waals surface area (Å²) in [6.07, 6.45) is 2.04. The molecule has 2 heterocycles. The molecule has 1 aromatic carbocycles. The third-order valence-electron chi connectivity index (χ3n) is 5.47. The molecule has 6 heteroatoms. The van der Waals surface area contributed by atoms with Gasteiger partial charge in [-0.15, -0.1) is 0 Å². The molecule has 150 valence electrons. The molecule has 1 aliphatic heterocycles. The standard InChI is InChI=1S/C22H29N3O3/c1-22(2,3)21-24-17-7-5-4-6-16(17)20(25-21)18(26)12-15(13-19(27)28)14-8-10-23-11-9-14/h4-7,14-15,23H,8-13H2,1-3H3,(H,27,28). The fourth-order valence-electron chi connectivity index (χ4n) is 3.90. The number of carboxylic acids is 1. The van der Waals surface area contributed by atoms with E-state index in [9.17, 15) is 14.7 Å². The molecule has 1 atom stereocenters. The summed E-state index contributed by atoms with van der Waals surface area (Å²) in [6, 6.07) is 7.54. The first-order valence-corrected chi connectivity index (χ1v) is 9.98. The van der Waals surface area contributed by atoms with E-state index in [1.54, 1.807) is 0 Å². The van der Waals surface area contributed by atoms with Crippen LogP contribution in [0.15, 0.2) is 24.3 Å². The Bertz CT molecular complexity index is 867. The van der Waals surface area contributed by atoms with Gasteiger partial charge >= 0.3 is 5.97 Å². The summed E-state index contributed by atoms with van der Waals surface area (Å²) in [4.78, 5) is 34.0. The van der Waals surface area contributed by atoms with Crippen LogP contribution < -0.4 is 5.32 Å². The minimum Gasteiger partial charge on any atom is -0.481 e. The van der Waals surface area contributed by atoms with Crippen LogP contribution in [0.2, 0.25) is 0 Å². The maximum atomic E-state index is 13.3. The molecule has 1 saturated heterocycles. The second-order valence-electron chi connectivity index (χ2n) is 8.74. The third kappa shape index (κ3) is 4.73. The van der Waals surface area contributed by atoms with Crippen molar-refractivity contribution < 1.29 is 14.7 Å². The van der Waals surface area contributed by atoms with Gasteiger partial charge in [0.2, 0.25) is 0 Å². The van der Waals surface area contributed by atoms with E-state index in [1.807, 2.05) is 45.0 Å². The van der Waals surface area contributed by atoms with Crippen LogP contribution in [-0.4, -0.2) is 39.9 Å². The van der Waals surface area contributed by atoms with E-state index in [-0.39, 0.29) is 35.9 Å². The van der Waals surface area contributed by atoms with Gasteiger partial charge in [0.05, 0.1) is 5.52 Å². The highest BCUT2D eigenvalue weighted by Crippen LogP contribution is 2.30. The van der Waals surface area contributed by atoms with Gasteiger partial charge in [0.25, 0.3) is 0 Å². The lowest BCUT2D eigenvalue weighted by atomic mass is 9.79. The maximum absolute atomic E-state index is 13.3. The second-order valence-corrected chi connectivity index (χ2v) is 8.74. The number of piperidine rings is 1. The van der Waals surface area contributed by atoms with Crippen LogP contribution in [0.5, 0.6) is 0 Å². The number of aliphatic carboxylic acids is 1. The third-order valence-corrected chi connectivity index (χ3v) is 5.47. The van der Waals surface area contributed by atoms with Gasteiger partial charge in [0.1, 0.15) is 11.5 Å². The predicted octanol–water partition coefficient (Wildman–Crippen LogP) is 3.59. The zero-order valence-electron chi connectivity index (χ0n) is 16.9. The van der Waals surface area contributed by atoms with Gasteiger partial charge in [0.15, 0.2) is 5.78 Å². The number of carbonyl (C=O) groups is 2. The SMILES string of the molecule is CC(C)(C)c1nc(C(=O)CC(CC(=O)O)C2CCNCC2)c2ccccc2n1. The van der Waals surface area contributed by atoms with E-state index in [0.29, 0.717) is 11.5 Å². The first kappa shape index (κ1) is 20.4. The summed E-state index contributed by atoms with van der Waals surface area (Å²) in [5.41, 5.74) is 0.886. The van der Waals surface area contributed by atoms with Crippen LogP contribution in [0, 0.1) is 11.8 Å². The number of hydrogen-bond donors (Lipinski definition) is 2. The lowest BCUT2D eigenvalue weighted by Gasteiger charge is -2.29. The molecule has 2 aromatic rings. The number of hydrogen-bond acceptors (Lipinski definition) is 5. The van der Waals surface area contributed by atoms with Crippen molar-refractivity contribution in [1.29, 1.82) is 0 Å². The lowest BCUT2D eigenvalue weighted by molar-refractivity contribution is -0.138. The van der Waals surface area contributed by atoms with Crippen LogP contribution in [-0.2, 0) is 10.2 Å². The van der Waals surface area contributed by atoms with E-state index in [0.717, 1.165) is 36.8 Å². The van der Waals surface area contributed by atoms with E-state index < -0.39 is 5.97 Å². The number of benzene rings is 1. The number of carbonyl (C=O) groups excluding carboxylic acids is 1. The van der Waals surface area contributed by atoms with Crippen molar-refractivity contribution in [2.45, 2.75) is 51.9 Å². The quantitative estimate of drug-likeness (QED) is 0.741. The van der Waals surface area contributed by atoms with Gasteiger partial charge in [-0.1, -0.05) is 39.0 Å². The molecular weight excluding hydrogens is 354 g/mol. The van der Waals surface area contributed by atoms with Gasteiger partial charge in [-0.2, -0.15) is 0 Å². The number of Topliss-reactive ketones (excluding diaryl/α,β-unsaturated/α-hetero) is 1. The number of para-hydroxylation sites is 1. The van der Waals surface area contributed by atoms with Crippen LogP contribution in [0.3, 0.4) is 0 Å². The number of carboxylic acid groups (broad SMARTS) is 1. The van der Waals surface area contributed by atoms with E-state index in [2.05, 4.69) is 15.3 Å². The van der Waals surface area contributed by atoms with Gasteiger partial charge < -0.3 is 10.4 Å². The minimum atomic E-state index is -0.848. The van der Waals surface area contributed by atoms with Gasteiger partial charge in [-0.25, -0.2) is 9.97 Å². The number of aromatic nitrogens is 2. The molecule has 0 radical (unpaired) electrons. The Balaban J connectivity index is 1.95. The molecule has 0 saturated carbocycles. The average molecular weight is 383 g/mol. The molecule has 0 bridgehead atoms. The fourth-order valence-corrected chi connectivity index (χ4v) is 3.90. The molecule has 0 spiro atoms. The number of nitrogens with zero attached hydrogens (tertiary/aromatic N) is 2. The summed E-state index contributed by atoms with van der Waals surface area (Å²) in [7, 11) is 0. The molecule has 1 aromatic heterocycles. The van der Waals surface area contributed by atoms with Gasteiger partial charge in [-0.05, 0) is 43.8 Å². The zero-order valence-corrected chi connectivity index (χ0v) is 16.9. The largest absolute Gasteiger partial charge is 0.481 e. The second kappa shape index (κ2) is 8.35. The Hall–Kier alpha value is -2.34. The molecule has 1 fully saturated rings. The molecule has 2 N–H and O–H groups in total. The smallest absolute Gasteiger partial charge is 0.303 e. The minimum absolute atomic E-state index is 0.0194. The Morgan fingerprint density at radius 1 is 1.14 bits per heavy atom. The number of rotatable bonds is 6. The van der Waals surface area contributed by atoms with Crippen LogP contribution in [0.4, 0.5) is 0 Å². The number of ketones is 1. The van der Waals surface area contributed by atoms with Crippen LogP contribution in [0.1, 0.15) is 62.8 Å². The van der Waals surface area contributed by atoms with Gasteiger partial charge in [-0.3, -0.25) is 9.59 Å². The van der Waals surface area contributed by atoms with Crippen molar-refractivity contribution in [3.05, 3.63) is 35.8 Å². The van der Waals surface area contributed by atoms with Gasteiger partial charge in [0, 0.05) is 23.6 Å². The molecule has 6 nitrogen and oxygen atoms in total. The summed E-state index contributed by atoms with van der Waals surface area (Å²) in [5.74, 6) is -0.227. The molecule has 28 heavy (non-hydrogen) atoms. The van der Waals surface area contributed by atoms with Crippen molar-refractivity contribution in [2.24, 2.45) is 11.8 Å². The van der Waals surface area contributed by atoms with E-state index in [1.165, 1.54) is 0 Å². The maximum Gasteiger partial charge on any atom is 0.303 e. The molecule has 1 unspecified atom stereocenters. The van der Waals surface area contributed by atoms with Crippen molar-refractivity contribution in [2.75, 3.05) is 13.1 Å². The highest BCUT2D eigenvalue weighted by molar-refractivity contribution is 6.05. The Kier molecular flexibility index (Phi) is 6.08.